The van der Waals surface area contributed by atoms with Gasteiger partial charge in [0.25, 0.3) is 5.91 Å². The molecule has 1 aromatic carbocycles. The lowest BCUT2D eigenvalue weighted by Gasteiger charge is -2.29. The second-order valence-electron chi connectivity index (χ2n) is 6.42. The monoisotopic (exact) mass is 375 g/mol. The van der Waals surface area contributed by atoms with E-state index in [0.717, 1.165) is 42.8 Å². The lowest BCUT2D eigenvalue weighted by Crippen LogP contribution is -2.43. The van der Waals surface area contributed by atoms with Crippen molar-refractivity contribution in [3.63, 3.8) is 0 Å². The van der Waals surface area contributed by atoms with Crippen molar-refractivity contribution in [1.82, 2.24) is 20.8 Å². The summed E-state index contributed by atoms with van der Waals surface area (Å²) in [5.74, 6) is -0.400. The minimum absolute atomic E-state index is 0. The van der Waals surface area contributed by atoms with Crippen molar-refractivity contribution in [3.8, 4) is 0 Å². The average Bonchev–Trinajstić information content (AvgIpc) is 3.09. The van der Waals surface area contributed by atoms with Crippen LogP contribution >= 0.6 is 12.4 Å². The largest absolute Gasteiger partial charge is 0.342 e. The normalized spacial score (nSPS) is 15.5. The highest BCUT2D eigenvalue weighted by Gasteiger charge is 2.25. The molecule has 2 aromatic rings. The number of carbonyl (C=O) groups is 2. The Morgan fingerprint density at radius 1 is 1.23 bits per heavy atom. The maximum Gasteiger partial charge on any atom is 0.272 e. The molecular formula is C18H22ClN5O2. The quantitative estimate of drug-likeness (QED) is 0.751. The maximum absolute atomic E-state index is 12.6. The molecule has 0 aliphatic carbocycles. The number of anilines is 1. The first-order chi connectivity index (χ1) is 12.2. The fourth-order valence-corrected chi connectivity index (χ4v) is 3.54. The fourth-order valence-electron chi connectivity index (χ4n) is 3.54. The third-order valence-electron chi connectivity index (χ3n) is 4.83. The molecule has 1 aromatic heterocycles. The van der Waals surface area contributed by atoms with Gasteiger partial charge in [-0.15, -0.1) is 12.4 Å². The summed E-state index contributed by atoms with van der Waals surface area (Å²) < 4.78 is 0. The summed E-state index contributed by atoms with van der Waals surface area (Å²) in [6, 6.07) is 7.94. The average molecular weight is 376 g/mol. The van der Waals surface area contributed by atoms with Gasteiger partial charge in [0.2, 0.25) is 5.91 Å². The molecule has 138 valence electrons. The zero-order valence-electron chi connectivity index (χ0n) is 14.4. The molecule has 8 heteroatoms. The van der Waals surface area contributed by atoms with E-state index in [4.69, 9.17) is 0 Å². The van der Waals surface area contributed by atoms with Crippen LogP contribution in [-0.4, -0.2) is 41.6 Å². The minimum atomic E-state index is -0.306. The number of nitrogens with one attached hydrogen (secondary N) is 3. The van der Waals surface area contributed by atoms with E-state index in [-0.39, 0.29) is 30.8 Å². The highest BCUT2D eigenvalue weighted by atomic mass is 35.5. The Kier molecular flexibility index (Phi) is 5.58. The van der Waals surface area contributed by atoms with Crippen LogP contribution in [0.5, 0.6) is 0 Å². The van der Waals surface area contributed by atoms with Crippen LogP contribution in [0, 0.1) is 0 Å². The summed E-state index contributed by atoms with van der Waals surface area (Å²) in [5, 5.41) is 13.0. The summed E-state index contributed by atoms with van der Waals surface area (Å²) >= 11 is 0. The third kappa shape index (κ3) is 3.45. The molecule has 0 unspecified atom stereocenters. The van der Waals surface area contributed by atoms with Gasteiger partial charge in [0.05, 0.1) is 6.54 Å². The van der Waals surface area contributed by atoms with E-state index in [1.165, 1.54) is 5.56 Å². The summed E-state index contributed by atoms with van der Waals surface area (Å²) in [5.41, 5.74) is 4.42. The van der Waals surface area contributed by atoms with E-state index in [2.05, 4.69) is 26.9 Å². The van der Waals surface area contributed by atoms with E-state index in [9.17, 15) is 9.59 Å². The van der Waals surface area contributed by atoms with Crippen molar-refractivity contribution in [2.24, 2.45) is 0 Å². The first-order valence-electron chi connectivity index (χ1n) is 8.67. The molecule has 7 nitrogen and oxygen atoms in total. The van der Waals surface area contributed by atoms with E-state index in [0.29, 0.717) is 18.8 Å². The molecule has 4 rings (SSSR count). The van der Waals surface area contributed by atoms with Crippen LogP contribution < -0.4 is 15.5 Å². The zero-order chi connectivity index (χ0) is 17.2. The molecule has 0 bridgehead atoms. The first kappa shape index (κ1) is 18.4. The van der Waals surface area contributed by atoms with Crippen LogP contribution in [0.15, 0.2) is 24.3 Å². The van der Waals surface area contributed by atoms with E-state index < -0.39 is 0 Å². The number of hydrogen-bond acceptors (Lipinski definition) is 4. The Morgan fingerprint density at radius 2 is 2.08 bits per heavy atom. The summed E-state index contributed by atoms with van der Waals surface area (Å²) in [6.07, 6.45) is 2.76. The summed E-state index contributed by atoms with van der Waals surface area (Å²) in [6.45, 7) is 2.17. The van der Waals surface area contributed by atoms with Crippen molar-refractivity contribution in [2.45, 2.75) is 25.8 Å². The molecule has 2 aliphatic heterocycles. The highest BCUT2D eigenvalue weighted by molar-refractivity contribution is 6.00. The fraction of sp³-hybridized carbons (Fsp3) is 0.389. The topological polar surface area (TPSA) is 90.1 Å². The Morgan fingerprint density at radius 3 is 2.96 bits per heavy atom. The number of carbonyl (C=O) groups excluding carboxylic acids is 2. The summed E-state index contributed by atoms with van der Waals surface area (Å²) in [4.78, 5) is 26.8. The first-order valence-corrected chi connectivity index (χ1v) is 8.67. The number of fused-ring (bicyclic) bond motifs is 2. The number of aromatic nitrogens is 2. The number of rotatable bonds is 3. The molecular weight excluding hydrogens is 354 g/mol. The predicted molar refractivity (Wildman–Crippen MR) is 101 cm³/mol. The number of H-pyrrole nitrogens is 1. The maximum atomic E-state index is 12.6. The van der Waals surface area contributed by atoms with Crippen LogP contribution in [0.2, 0.25) is 0 Å². The van der Waals surface area contributed by atoms with Crippen LogP contribution in [0.1, 0.15) is 33.7 Å². The second kappa shape index (κ2) is 7.88. The number of aryl methyl sites for hydroxylation is 1. The van der Waals surface area contributed by atoms with Crippen molar-refractivity contribution >= 4 is 29.9 Å². The number of amides is 2. The standard InChI is InChI=1S/C18H21N5O2.ClH/c24-16(23-9-3-5-12-4-1-2-6-15(12)23)11-20-18(25)17-13-10-19-8-7-14(13)21-22-17;/h1-2,4,6,19H,3,5,7-11H2,(H,20,25)(H,21,22);1H. The predicted octanol–water partition coefficient (Wildman–Crippen LogP) is 1.19. The van der Waals surface area contributed by atoms with E-state index in [1.54, 1.807) is 4.90 Å². The smallest absolute Gasteiger partial charge is 0.272 e. The molecule has 0 fully saturated rings. The molecule has 26 heavy (non-hydrogen) atoms. The Bertz CT molecular complexity index is 820. The Balaban J connectivity index is 0.00000196. The molecule has 3 N–H and O–H groups in total. The lowest BCUT2D eigenvalue weighted by molar-refractivity contribution is -0.117. The number of hydrogen-bond donors (Lipinski definition) is 3. The molecule has 0 radical (unpaired) electrons. The number of halogens is 1. The van der Waals surface area contributed by atoms with Crippen LogP contribution in [0.3, 0.4) is 0 Å². The second-order valence-corrected chi connectivity index (χ2v) is 6.42. The van der Waals surface area contributed by atoms with E-state index in [1.807, 2.05) is 18.2 Å². The van der Waals surface area contributed by atoms with E-state index >= 15 is 0 Å². The van der Waals surface area contributed by atoms with Gasteiger partial charge in [0.15, 0.2) is 5.69 Å². The third-order valence-corrected chi connectivity index (χ3v) is 4.83. The van der Waals surface area contributed by atoms with Gasteiger partial charge in [-0.3, -0.25) is 14.7 Å². The minimum Gasteiger partial charge on any atom is -0.342 e. The van der Waals surface area contributed by atoms with Gasteiger partial charge in [0, 0.05) is 43.0 Å². The number of benzene rings is 1. The van der Waals surface area contributed by atoms with Gasteiger partial charge in [-0.2, -0.15) is 5.10 Å². The van der Waals surface area contributed by atoms with Gasteiger partial charge in [-0.25, -0.2) is 0 Å². The molecule has 0 spiro atoms. The molecule has 0 saturated heterocycles. The van der Waals surface area contributed by atoms with Gasteiger partial charge >= 0.3 is 0 Å². The SMILES string of the molecule is Cl.O=C(NCC(=O)N1CCCc2ccccc21)c1n[nH]c2c1CNCC2. The van der Waals surface area contributed by atoms with Crippen molar-refractivity contribution in [2.75, 3.05) is 24.5 Å². The Labute approximate surface area is 157 Å². The molecule has 2 aliphatic rings. The molecule has 3 heterocycles. The molecule has 0 saturated carbocycles. The van der Waals surface area contributed by atoms with Gasteiger partial charge in [0.1, 0.15) is 0 Å². The van der Waals surface area contributed by atoms with Gasteiger partial charge in [-0.1, -0.05) is 18.2 Å². The van der Waals surface area contributed by atoms with Gasteiger partial charge in [-0.05, 0) is 24.5 Å². The zero-order valence-corrected chi connectivity index (χ0v) is 15.2. The molecule has 0 atom stereocenters. The number of nitrogens with zero attached hydrogens (tertiary/aromatic N) is 2. The van der Waals surface area contributed by atoms with Crippen molar-refractivity contribution in [3.05, 3.63) is 46.8 Å². The van der Waals surface area contributed by atoms with Crippen molar-refractivity contribution in [1.29, 1.82) is 0 Å². The van der Waals surface area contributed by atoms with Gasteiger partial charge < -0.3 is 15.5 Å². The van der Waals surface area contributed by atoms with Crippen LogP contribution in [0.25, 0.3) is 0 Å². The van der Waals surface area contributed by atoms with Crippen molar-refractivity contribution < 1.29 is 9.59 Å². The number of para-hydroxylation sites is 1. The van der Waals surface area contributed by atoms with Crippen LogP contribution in [0.4, 0.5) is 5.69 Å². The lowest BCUT2D eigenvalue weighted by atomic mass is 10.0. The number of aromatic amines is 1. The Hall–Kier alpha value is -2.38. The summed E-state index contributed by atoms with van der Waals surface area (Å²) in [7, 11) is 0. The molecule has 2 amide bonds. The highest BCUT2D eigenvalue weighted by Crippen LogP contribution is 2.26. The van der Waals surface area contributed by atoms with Crippen LogP contribution in [-0.2, 0) is 24.2 Å².